The fraction of sp³-hybridized carbons (Fsp3) is 0.286. The molecule has 1 aromatic heterocycles. The van der Waals surface area contributed by atoms with Crippen molar-refractivity contribution in [3.8, 4) is 5.75 Å². The third-order valence-electron chi connectivity index (χ3n) is 2.71. The third kappa shape index (κ3) is 2.81. The van der Waals surface area contributed by atoms with Gasteiger partial charge in [0.25, 0.3) is 5.91 Å². The van der Waals surface area contributed by atoms with Crippen LogP contribution in [0.4, 0.5) is 4.39 Å². The van der Waals surface area contributed by atoms with Crippen LogP contribution in [0.3, 0.4) is 0 Å². The van der Waals surface area contributed by atoms with Crippen molar-refractivity contribution in [1.29, 1.82) is 0 Å². The smallest absolute Gasteiger partial charge is 0.287 e. The van der Waals surface area contributed by atoms with Crippen LogP contribution in [0.1, 0.15) is 23.1 Å². The molecule has 0 aliphatic carbocycles. The van der Waals surface area contributed by atoms with Gasteiger partial charge in [-0.1, -0.05) is 12.1 Å². The van der Waals surface area contributed by atoms with Gasteiger partial charge in [-0.25, -0.2) is 9.07 Å². The third-order valence-corrected chi connectivity index (χ3v) is 2.71. The Hall–Kier alpha value is -2.17. The van der Waals surface area contributed by atoms with Gasteiger partial charge < -0.3 is 4.74 Å². The summed E-state index contributed by atoms with van der Waals surface area (Å²) >= 11 is 0. The number of carbonyl (C=O) groups is 1. The van der Waals surface area contributed by atoms with Crippen molar-refractivity contribution in [2.45, 2.75) is 26.9 Å². The van der Waals surface area contributed by atoms with E-state index in [4.69, 9.17) is 4.74 Å². The first-order chi connectivity index (χ1) is 8.99. The predicted molar refractivity (Wildman–Crippen MR) is 68.8 cm³/mol. The standard InChI is InChI=1S/C14H15FN2O2/c1-9-8-10(2)17(16-9)14(18)11(3)19-13-7-5-4-6-12(13)15/h4-8,11H,1-3H3. The van der Waals surface area contributed by atoms with Crippen molar-refractivity contribution in [3.05, 3.63) is 47.5 Å². The van der Waals surface area contributed by atoms with E-state index in [1.807, 2.05) is 0 Å². The van der Waals surface area contributed by atoms with E-state index >= 15 is 0 Å². The second-order valence-corrected chi connectivity index (χ2v) is 4.37. The minimum absolute atomic E-state index is 0.0601. The summed E-state index contributed by atoms with van der Waals surface area (Å²) < 4.78 is 20.1. The normalized spacial score (nSPS) is 12.2. The molecule has 1 heterocycles. The van der Waals surface area contributed by atoms with Gasteiger partial charge >= 0.3 is 0 Å². The van der Waals surface area contributed by atoms with Crippen molar-refractivity contribution < 1.29 is 13.9 Å². The maximum atomic E-state index is 13.4. The number of aryl methyl sites for hydroxylation is 2. The summed E-state index contributed by atoms with van der Waals surface area (Å²) in [7, 11) is 0. The van der Waals surface area contributed by atoms with Crippen molar-refractivity contribution in [2.24, 2.45) is 0 Å². The Morgan fingerprint density at radius 2 is 2.05 bits per heavy atom. The maximum absolute atomic E-state index is 13.4. The highest BCUT2D eigenvalue weighted by molar-refractivity contribution is 5.83. The molecule has 0 saturated carbocycles. The first-order valence-electron chi connectivity index (χ1n) is 5.97. The fourth-order valence-electron chi connectivity index (χ4n) is 1.81. The molecule has 0 amide bonds. The number of ether oxygens (including phenoxy) is 1. The summed E-state index contributed by atoms with van der Waals surface area (Å²) in [5, 5.41) is 4.09. The van der Waals surface area contributed by atoms with Crippen LogP contribution >= 0.6 is 0 Å². The average Bonchev–Trinajstić information content (AvgIpc) is 2.70. The number of para-hydroxylation sites is 1. The van der Waals surface area contributed by atoms with Gasteiger partial charge in [0, 0.05) is 5.69 Å². The van der Waals surface area contributed by atoms with E-state index in [2.05, 4.69) is 5.10 Å². The number of rotatable bonds is 3. The van der Waals surface area contributed by atoms with Gasteiger partial charge in [-0.15, -0.1) is 0 Å². The highest BCUT2D eigenvalue weighted by Gasteiger charge is 2.20. The molecule has 19 heavy (non-hydrogen) atoms. The van der Waals surface area contributed by atoms with E-state index in [0.29, 0.717) is 0 Å². The molecule has 1 unspecified atom stereocenters. The van der Waals surface area contributed by atoms with E-state index in [1.54, 1.807) is 39.0 Å². The molecule has 2 rings (SSSR count). The molecule has 1 atom stereocenters. The lowest BCUT2D eigenvalue weighted by Crippen LogP contribution is -2.31. The van der Waals surface area contributed by atoms with Gasteiger partial charge in [-0.2, -0.15) is 5.10 Å². The average molecular weight is 262 g/mol. The Labute approximate surface area is 110 Å². The molecular formula is C14H15FN2O2. The van der Waals surface area contributed by atoms with E-state index < -0.39 is 11.9 Å². The van der Waals surface area contributed by atoms with Crippen molar-refractivity contribution in [2.75, 3.05) is 0 Å². The quantitative estimate of drug-likeness (QED) is 0.854. The van der Waals surface area contributed by atoms with Crippen LogP contribution in [0, 0.1) is 19.7 Å². The number of halogens is 1. The molecule has 1 aromatic carbocycles. The number of benzene rings is 1. The number of hydrogen-bond donors (Lipinski definition) is 0. The Kier molecular flexibility index (Phi) is 3.64. The van der Waals surface area contributed by atoms with Gasteiger partial charge in [0.15, 0.2) is 17.7 Å². The molecule has 100 valence electrons. The van der Waals surface area contributed by atoms with Crippen LogP contribution in [0.2, 0.25) is 0 Å². The zero-order valence-corrected chi connectivity index (χ0v) is 11.1. The highest BCUT2D eigenvalue weighted by atomic mass is 19.1. The first-order valence-corrected chi connectivity index (χ1v) is 5.97. The molecule has 0 N–H and O–H groups in total. The second-order valence-electron chi connectivity index (χ2n) is 4.37. The van der Waals surface area contributed by atoms with Crippen LogP contribution in [-0.4, -0.2) is 21.8 Å². The van der Waals surface area contributed by atoms with Crippen molar-refractivity contribution in [1.82, 2.24) is 9.78 Å². The molecule has 0 fully saturated rings. The summed E-state index contributed by atoms with van der Waals surface area (Å²) in [6.45, 7) is 5.16. The van der Waals surface area contributed by atoms with Gasteiger partial charge in [-0.05, 0) is 39.0 Å². The number of hydrogen-bond acceptors (Lipinski definition) is 3. The lowest BCUT2D eigenvalue weighted by atomic mass is 10.3. The molecule has 0 aliphatic rings. The monoisotopic (exact) mass is 262 g/mol. The Bertz CT molecular complexity index is 607. The maximum Gasteiger partial charge on any atom is 0.287 e. The number of carbonyl (C=O) groups excluding carboxylic acids is 1. The molecule has 0 aliphatic heterocycles. The number of aromatic nitrogens is 2. The van der Waals surface area contributed by atoms with Crippen LogP contribution in [0.15, 0.2) is 30.3 Å². The van der Waals surface area contributed by atoms with E-state index in [-0.39, 0.29) is 11.7 Å². The molecule has 5 heteroatoms. The minimum atomic E-state index is -0.810. The molecule has 0 spiro atoms. The Morgan fingerprint density at radius 3 is 2.63 bits per heavy atom. The first kappa shape index (κ1) is 13.3. The summed E-state index contributed by atoms with van der Waals surface area (Å²) in [6, 6.07) is 7.79. The van der Waals surface area contributed by atoms with Gasteiger partial charge in [0.05, 0.1) is 5.69 Å². The SMILES string of the molecule is Cc1cc(C)n(C(=O)C(C)Oc2ccccc2F)n1. The van der Waals surface area contributed by atoms with Crippen molar-refractivity contribution in [3.63, 3.8) is 0 Å². The molecular weight excluding hydrogens is 247 g/mol. The van der Waals surface area contributed by atoms with E-state index in [1.165, 1.54) is 16.8 Å². The summed E-state index contributed by atoms with van der Waals surface area (Å²) in [5.41, 5.74) is 1.48. The molecule has 4 nitrogen and oxygen atoms in total. The largest absolute Gasteiger partial charge is 0.478 e. The Balaban J connectivity index is 2.16. The van der Waals surface area contributed by atoms with Crippen LogP contribution < -0.4 is 4.74 Å². The van der Waals surface area contributed by atoms with Crippen LogP contribution in [0.25, 0.3) is 0 Å². The molecule has 0 radical (unpaired) electrons. The topological polar surface area (TPSA) is 44.1 Å². The van der Waals surface area contributed by atoms with Gasteiger partial charge in [-0.3, -0.25) is 4.79 Å². The van der Waals surface area contributed by atoms with E-state index in [9.17, 15) is 9.18 Å². The molecule has 0 bridgehead atoms. The van der Waals surface area contributed by atoms with Crippen LogP contribution in [-0.2, 0) is 0 Å². The second kappa shape index (κ2) is 5.22. The Morgan fingerprint density at radius 1 is 1.37 bits per heavy atom. The van der Waals surface area contributed by atoms with E-state index in [0.717, 1.165) is 11.4 Å². The number of nitrogens with zero attached hydrogens (tertiary/aromatic N) is 2. The fourth-order valence-corrected chi connectivity index (χ4v) is 1.81. The lowest BCUT2D eigenvalue weighted by Gasteiger charge is -2.14. The van der Waals surface area contributed by atoms with Crippen LogP contribution in [0.5, 0.6) is 5.75 Å². The van der Waals surface area contributed by atoms with Crippen molar-refractivity contribution >= 4 is 5.91 Å². The predicted octanol–water partition coefficient (Wildman–Crippen LogP) is 2.75. The zero-order valence-electron chi connectivity index (χ0n) is 11.1. The zero-order chi connectivity index (χ0) is 14.0. The highest BCUT2D eigenvalue weighted by Crippen LogP contribution is 2.17. The summed E-state index contributed by atoms with van der Waals surface area (Å²) in [5.74, 6) is -0.755. The summed E-state index contributed by atoms with van der Waals surface area (Å²) in [4.78, 5) is 12.1. The molecule has 2 aromatic rings. The van der Waals surface area contributed by atoms with Gasteiger partial charge in [0.2, 0.25) is 0 Å². The minimum Gasteiger partial charge on any atom is -0.478 e. The van der Waals surface area contributed by atoms with Gasteiger partial charge in [0.1, 0.15) is 0 Å². The lowest BCUT2D eigenvalue weighted by molar-refractivity contribution is 0.0701. The summed E-state index contributed by atoms with van der Waals surface area (Å²) in [6.07, 6.45) is -0.810. The molecule has 0 saturated heterocycles.